The summed E-state index contributed by atoms with van der Waals surface area (Å²) in [5, 5.41) is 0. The van der Waals surface area contributed by atoms with Crippen molar-refractivity contribution in [2.24, 2.45) is 0 Å². The van der Waals surface area contributed by atoms with Gasteiger partial charge in [-0.2, -0.15) is 0 Å². The van der Waals surface area contributed by atoms with Crippen LogP contribution in [0.1, 0.15) is 5.56 Å². The van der Waals surface area contributed by atoms with Crippen LogP contribution in [0.15, 0.2) is 24.3 Å². The molecule has 0 aromatic heterocycles. The molecule has 8 heteroatoms. The Bertz CT molecular complexity index is 736. The third kappa shape index (κ3) is 4.19. The Labute approximate surface area is 148 Å². The van der Waals surface area contributed by atoms with Crippen molar-refractivity contribution >= 4 is 15.7 Å². The number of carbonyl (C=O) groups excluding carboxylic acids is 1. The van der Waals surface area contributed by atoms with Crippen LogP contribution >= 0.6 is 0 Å². The average Bonchev–Trinajstić information content (AvgIpc) is 2.87. The number of rotatable bonds is 4. The zero-order chi connectivity index (χ0) is 18.2. The van der Waals surface area contributed by atoms with Crippen molar-refractivity contribution in [3.05, 3.63) is 35.6 Å². The van der Waals surface area contributed by atoms with Crippen molar-refractivity contribution in [2.45, 2.75) is 18.6 Å². The average molecular weight is 369 g/mol. The van der Waals surface area contributed by atoms with Crippen molar-refractivity contribution in [3.8, 4) is 0 Å². The lowest BCUT2D eigenvalue weighted by atomic mass is 10.0. The maximum Gasteiger partial charge on any atom is 0.236 e. The molecule has 1 aromatic rings. The molecular formula is C17H24FN3O3S. The Morgan fingerprint density at radius 3 is 2.28 bits per heavy atom. The molecule has 6 nitrogen and oxygen atoms in total. The predicted molar refractivity (Wildman–Crippen MR) is 93.3 cm³/mol. The number of likely N-dealkylation sites (N-methyl/N-ethyl adjacent to an activating group) is 1. The van der Waals surface area contributed by atoms with Crippen LogP contribution in [-0.2, 0) is 21.2 Å². The van der Waals surface area contributed by atoms with Gasteiger partial charge in [0, 0.05) is 45.8 Å². The van der Waals surface area contributed by atoms with Gasteiger partial charge in [-0.1, -0.05) is 12.1 Å². The van der Waals surface area contributed by atoms with E-state index in [1.54, 1.807) is 26.2 Å². The third-order valence-electron chi connectivity index (χ3n) is 5.04. The summed E-state index contributed by atoms with van der Waals surface area (Å²) < 4.78 is 37.5. The summed E-state index contributed by atoms with van der Waals surface area (Å²) >= 11 is 0. The molecule has 0 spiro atoms. The van der Waals surface area contributed by atoms with Crippen LogP contribution in [0.3, 0.4) is 0 Å². The second kappa shape index (κ2) is 7.01. The lowest BCUT2D eigenvalue weighted by Crippen LogP contribution is -2.60. The molecule has 2 unspecified atom stereocenters. The first kappa shape index (κ1) is 18.3. The molecule has 2 aliphatic heterocycles. The molecule has 0 saturated carbocycles. The molecular weight excluding hydrogens is 345 g/mol. The van der Waals surface area contributed by atoms with Gasteiger partial charge in [0.25, 0.3) is 0 Å². The number of piperazine rings is 1. The Hall–Kier alpha value is -1.51. The van der Waals surface area contributed by atoms with Crippen LogP contribution in [0.25, 0.3) is 0 Å². The van der Waals surface area contributed by atoms with Gasteiger partial charge in [0.15, 0.2) is 9.84 Å². The summed E-state index contributed by atoms with van der Waals surface area (Å²) in [6.07, 6.45) is 0. The molecule has 2 atom stereocenters. The van der Waals surface area contributed by atoms with Gasteiger partial charge in [-0.3, -0.25) is 14.6 Å². The summed E-state index contributed by atoms with van der Waals surface area (Å²) in [5.41, 5.74) is 0.960. The molecule has 138 valence electrons. The van der Waals surface area contributed by atoms with Crippen LogP contribution in [0, 0.1) is 5.82 Å². The van der Waals surface area contributed by atoms with Gasteiger partial charge in [-0.25, -0.2) is 12.8 Å². The van der Waals surface area contributed by atoms with E-state index < -0.39 is 9.84 Å². The minimum absolute atomic E-state index is 0.0185. The summed E-state index contributed by atoms with van der Waals surface area (Å²) in [6.45, 7) is 2.17. The van der Waals surface area contributed by atoms with Crippen molar-refractivity contribution in [1.82, 2.24) is 14.7 Å². The van der Waals surface area contributed by atoms with Gasteiger partial charge in [-0.15, -0.1) is 0 Å². The van der Waals surface area contributed by atoms with E-state index in [9.17, 15) is 17.6 Å². The molecule has 1 aromatic carbocycles. The Morgan fingerprint density at radius 1 is 1.12 bits per heavy atom. The predicted octanol–water partition coefficient (Wildman–Crippen LogP) is 0.197. The summed E-state index contributed by atoms with van der Waals surface area (Å²) in [6, 6.07) is 6.02. The van der Waals surface area contributed by atoms with E-state index in [-0.39, 0.29) is 41.9 Å². The van der Waals surface area contributed by atoms with E-state index in [0.29, 0.717) is 19.6 Å². The molecule has 25 heavy (non-hydrogen) atoms. The second-order valence-electron chi connectivity index (χ2n) is 7.07. The van der Waals surface area contributed by atoms with Gasteiger partial charge in [0.05, 0.1) is 18.1 Å². The van der Waals surface area contributed by atoms with E-state index in [2.05, 4.69) is 4.90 Å². The van der Waals surface area contributed by atoms with E-state index in [0.717, 1.165) is 5.56 Å². The van der Waals surface area contributed by atoms with Crippen molar-refractivity contribution in [2.75, 3.05) is 45.2 Å². The number of fused-ring (bicyclic) bond motifs is 1. The van der Waals surface area contributed by atoms with Crippen LogP contribution < -0.4 is 0 Å². The van der Waals surface area contributed by atoms with Crippen molar-refractivity contribution < 1.29 is 17.6 Å². The SMILES string of the molecule is CN(C)C(=O)CN1CCN(Cc2ccc(F)cc2)C2CS(=O)(=O)CC21. The fourth-order valence-corrected chi connectivity index (χ4v) is 5.67. The number of amides is 1. The van der Waals surface area contributed by atoms with Crippen LogP contribution in [0.2, 0.25) is 0 Å². The monoisotopic (exact) mass is 369 g/mol. The first-order valence-electron chi connectivity index (χ1n) is 8.38. The van der Waals surface area contributed by atoms with Gasteiger partial charge in [0.1, 0.15) is 5.82 Å². The number of carbonyl (C=O) groups is 1. The van der Waals surface area contributed by atoms with Crippen molar-refractivity contribution in [3.63, 3.8) is 0 Å². The van der Waals surface area contributed by atoms with Crippen LogP contribution in [0.5, 0.6) is 0 Å². The maximum absolute atomic E-state index is 13.1. The number of hydrogen-bond donors (Lipinski definition) is 0. The number of sulfone groups is 1. The largest absolute Gasteiger partial charge is 0.348 e. The topological polar surface area (TPSA) is 60.9 Å². The first-order valence-corrected chi connectivity index (χ1v) is 10.2. The summed E-state index contributed by atoms with van der Waals surface area (Å²) in [4.78, 5) is 17.7. The normalized spacial score (nSPS) is 26.4. The highest BCUT2D eigenvalue weighted by molar-refractivity contribution is 7.91. The van der Waals surface area contributed by atoms with E-state index in [1.165, 1.54) is 17.0 Å². The minimum Gasteiger partial charge on any atom is -0.348 e. The Kier molecular flexibility index (Phi) is 5.13. The van der Waals surface area contributed by atoms with E-state index in [4.69, 9.17) is 0 Å². The molecule has 0 bridgehead atoms. The second-order valence-corrected chi connectivity index (χ2v) is 9.22. The molecule has 2 saturated heterocycles. The smallest absolute Gasteiger partial charge is 0.236 e. The van der Waals surface area contributed by atoms with Gasteiger partial charge in [-0.05, 0) is 17.7 Å². The van der Waals surface area contributed by atoms with Gasteiger partial charge in [0.2, 0.25) is 5.91 Å². The maximum atomic E-state index is 13.1. The number of halogens is 1. The summed E-state index contributed by atoms with van der Waals surface area (Å²) in [7, 11) is 0.291. The highest BCUT2D eigenvalue weighted by Gasteiger charge is 2.46. The lowest BCUT2D eigenvalue weighted by Gasteiger charge is -2.43. The first-order chi connectivity index (χ1) is 11.7. The number of hydrogen-bond acceptors (Lipinski definition) is 5. The summed E-state index contributed by atoms with van der Waals surface area (Å²) in [5.74, 6) is -0.0869. The lowest BCUT2D eigenvalue weighted by molar-refractivity contribution is -0.131. The fraction of sp³-hybridized carbons (Fsp3) is 0.588. The minimum atomic E-state index is -3.12. The molecule has 0 aliphatic carbocycles. The Balaban J connectivity index is 1.76. The molecule has 0 radical (unpaired) electrons. The quantitative estimate of drug-likeness (QED) is 0.759. The van der Waals surface area contributed by atoms with Crippen LogP contribution in [-0.4, -0.2) is 86.3 Å². The fourth-order valence-electron chi connectivity index (χ4n) is 3.63. The molecule has 1 amide bonds. The third-order valence-corrected chi connectivity index (χ3v) is 6.74. The number of nitrogens with zero attached hydrogens (tertiary/aromatic N) is 3. The molecule has 2 aliphatic rings. The highest BCUT2D eigenvalue weighted by atomic mass is 32.2. The Morgan fingerprint density at radius 2 is 1.68 bits per heavy atom. The standard InChI is InChI=1S/C17H24FN3O3S/c1-19(2)17(22)10-21-8-7-20(9-13-3-5-14(18)6-4-13)15-11-25(23,24)12-16(15)21/h3-6,15-16H,7-12H2,1-2H3. The zero-order valence-corrected chi connectivity index (χ0v) is 15.4. The van der Waals surface area contributed by atoms with E-state index >= 15 is 0 Å². The van der Waals surface area contributed by atoms with E-state index in [1.807, 2.05) is 4.90 Å². The molecule has 0 N–H and O–H groups in total. The van der Waals surface area contributed by atoms with Gasteiger partial charge >= 0.3 is 0 Å². The van der Waals surface area contributed by atoms with Crippen LogP contribution in [0.4, 0.5) is 4.39 Å². The molecule has 2 fully saturated rings. The molecule has 2 heterocycles. The number of benzene rings is 1. The van der Waals surface area contributed by atoms with Crippen molar-refractivity contribution in [1.29, 1.82) is 0 Å². The highest BCUT2D eigenvalue weighted by Crippen LogP contribution is 2.28. The van der Waals surface area contributed by atoms with Gasteiger partial charge < -0.3 is 4.90 Å². The zero-order valence-electron chi connectivity index (χ0n) is 14.6. The molecule has 3 rings (SSSR count).